The highest BCUT2D eigenvalue weighted by atomic mass is 16.8. The van der Waals surface area contributed by atoms with Crippen LogP contribution in [0.5, 0.6) is 0 Å². The minimum Gasteiger partial charge on any atom is -0.361 e. The summed E-state index contributed by atoms with van der Waals surface area (Å²) in [5, 5.41) is 4.06. The van der Waals surface area contributed by atoms with Crippen LogP contribution in [0.2, 0.25) is 0 Å². The smallest absolute Gasteiger partial charge is 0.245 e. The van der Waals surface area contributed by atoms with Gasteiger partial charge in [-0.1, -0.05) is 50.3 Å². The van der Waals surface area contributed by atoms with Gasteiger partial charge >= 0.3 is 0 Å². The summed E-state index contributed by atoms with van der Waals surface area (Å²) in [6.07, 6.45) is 11.2. The van der Waals surface area contributed by atoms with Gasteiger partial charge in [0.2, 0.25) is 17.7 Å². The summed E-state index contributed by atoms with van der Waals surface area (Å²) in [5.41, 5.74) is 4.45. The lowest BCUT2D eigenvalue weighted by Crippen LogP contribution is -2.50. The van der Waals surface area contributed by atoms with Crippen molar-refractivity contribution < 1.29 is 24.0 Å². The van der Waals surface area contributed by atoms with Crippen molar-refractivity contribution in [2.75, 3.05) is 20.2 Å². The predicted octanol–water partition coefficient (Wildman–Crippen LogP) is 3.98. The Morgan fingerprint density at radius 3 is 2.63 bits per heavy atom. The number of hydroxylamine groups is 1. The van der Waals surface area contributed by atoms with Crippen LogP contribution >= 0.6 is 0 Å². The summed E-state index contributed by atoms with van der Waals surface area (Å²) in [7, 11) is 1.80. The lowest BCUT2D eigenvalue weighted by atomic mass is 9.94. The molecule has 1 unspecified atom stereocenters. The number of nitrogens with zero attached hydrogens (tertiary/aromatic N) is 1. The molecule has 0 saturated carbocycles. The van der Waals surface area contributed by atoms with Crippen LogP contribution in [0, 0.1) is 5.92 Å². The third-order valence-corrected chi connectivity index (χ3v) is 7.63. The van der Waals surface area contributed by atoms with E-state index in [9.17, 15) is 14.4 Å². The van der Waals surface area contributed by atoms with Crippen LogP contribution in [0.25, 0.3) is 10.9 Å². The van der Waals surface area contributed by atoms with Crippen molar-refractivity contribution in [3.63, 3.8) is 0 Å². The van der Waals surface area contributed by atoms with Crippen LogP contribution in [0.15, 0.2) is 30.5 Å². The van der Waals surface area contributed by atoms with Gasteiger partial charge in [-0.25, -0.2) is 10.3 Å². The lowest BCUT2D eigenvalue weighted by molar-refractivity contribution is -0.200. The Balaban J connectivity index is 1.46. The van der Waals surface area contributed by atoms with Crippen molar-refractivity contribution >= 4 is 28.6 Å². The summed E-state index contributed by atoms with van der Waals surface area (Å²) in [5.74, 6) is -1.27. The van der Waals surface area contributed by atoms with Crippen LogP contribution in [-0.2, 0) is 30.4 Å². The summed E-state index contributed by atoms with van der Waals surface area (Å²) < 4.78 is 5.51. The standard InChI is InChI=1S/C29H42N4O5/c1-33-16-10-5-3-2-4-6-12-21(19-26(34)32-38-27-15-9-11-17-37-27)28(35)31-25(29(33)36)18-22-20-30-24-14-8-7-13-23(22)24/h7-8,13-14,20-21,25,27,30H,2-6,9-12,15-19H2,1H3,(H,31,35)(H,32,34)/t21-,25+,27?/m1/s1. The van der Waals surface area contributed by atoms with Crippen molar-refractivity contribution in [3.05, 3.63) is 36.0 Å². The first kappa shape index (κ1) is 28.1. The number of hydrogen-bond acceptors (Lipinski definition) is 5. The van der Waals surface area contributed by atoms with Crippen LogP contribution in [-0.4, -0.2) is 60.1 Å². The van der Waals surface area contributed by atoms with Crippen molar-refractivity contribution in [1.29, 1.82) is 0 Å². The Morgan fingerprint density at radius 1 is 1.05 bits per heavy atom. The number of aromatic nitrogens is 1. The first-order chi connectivity index (χ1) is 18.5. The van der Waals surface area contributed by atoms with Crippen molar-refractivity contribution in [2.24, 2.45) is 5.92 Å². The second-order valence-corrected chi connectivity index (χ2v) is 10.6. The lowest BCUT2D eigenvalue weighted by Gasteiger charge is -2.27. The Morgan fingerprint density at radius 2 is 1.82 bits per heavy atom. The van der Waals surface area contributed by atoms with Crippen LogP contribution in [0.1, 0.15) is 76.2 Å². The molecule has 0 radical (unpaired) electrons. The average molecular weight is 527 g/mol. The molecule has 3 heterocycles. The van der Waals surface area contributed by atoms with Gasteiger partial charge in [0.15, 0.2) is 6.29 Å². The number of fused-ring (bicyclic) bond motifs is 1. The molecular formula is C29H42N4O5. The van der Waals surface area contributed by atoms with Crippen LogP contribution < -0.4 is 10.8 Å². The van der Waals surface area contributed by atoms with Gasteiger partial charge in [0.1, 0.15) is 6.04 Å². The van der Waals surface area contributed by atoms with Crippen molar-refractivity contribution in [1.82, 2.24) is 20.7 Å². The largest absolute Gasteiger partial charge is 0.361 e. The molecule has 1 aromatic carbocycles. The van der Waals surface area contributed by atoms with E-state index < -0.39 is 18.2 Å². The van der Waals surface area contributed by atoms with Gasteiger partial charge in [0.05, 0.1) is 0 Å². The molecule has 0 spiro atoms. The third-order valence-electron chi connectivity index (χ3n) is 7.63. The molecule has 3 N–H and O–H groups in total. The molecular weight excluding hydrogens is 484 g/mol. The van der Waals surface area contributed by atoms with Crippen molar-refractivity contribution in [2.45, 2.75) is 89.4 Å². The van der Waals surface area contributed by atoms with E-state index in [2.05, 4.69) is 15.8 Å². The maximum Gasteiger partial charge on any atom is 0.245 e. The van der Waals surface area contributed by atoms with E-state index >= 15 is 0 Å². The molecule has 1 aromatic heterocycles. The molecule has 9 heteroatoms. The zero-order chi connectivity index (χ0) is 26.7. The molecule has 3 amide bonds. The summed E-state index contributed by atoms with van der Waals surface area (Å²) in [4.78, 5) is 50.2. The zero-order valence-electron chi connectivity index (χ0n) is 22.5. The van der Waals surface area contributed by atoms with E-state index in [4.69, 9.17) is 9.57 Å². The number of likely N-dealkylation sites (N-methyl/N-ethyl adjacent to an activating group) is 1. The molecule has 38 heavy (non-hydrogen) atoms. The molecule has 2 saturated heterocycles. The molecule has 2 fully saturated rings. The third kappa shape index (κ3) is 8.04. The number of ether oxygens (including phenoxy) is 1. The van der Waals surface area contributed by atoms with Crippen molar-refractivity contribution in [3.8, 4) is 0 Å². The van der Waals surface area contributed by atoms with Gasteiger partial charge in [-0.15, -0.1) is 0 Å². The summed E-state index contributed by atoms with van der Waals surface area (Å²) in [6.45, 7) is 1.28. The predicted molar refractivity (Wildman–Crippen MR) is 145 cm³/mol. The average Bonchev–Trinajstić information content (AvgIpc) is 3.34. The number of nitrogens with one attached hydrogen (secondary N) is 3. The number of carbonyl (C=O) groups excluding carboxylic acids is 3. The van der Waals surface area contributed by atoms with Crippen LogP contribution in [0.4, 0.5) is 0 Å². The number of amides is 3. The second-order valence-electron chi connectivity index (χ2n) is 10.6. The Bertz CT molecular complexity index is 1060. The number of carbonyl (C=O) groups is 3. The van der Waals surface area contributed by atoms with E-state index in [0.717, 1.165) is 74.3 Å². The molecule has 208 valence electrons. The maximum absolute atomic E-state index is 13.5. The van der Waals surface area contributed by atoms with E-state index in [1.54, 1.807) is 11.9 Å². The van der Waals surface area contributed by atoms with Gasteiger partial charge < -0.3 is 19.9 Å². The molecule has 2 aliphatic heterocycles. The first-order valence-electron chi connectivity index (χ1n) is 14.2. The second kappa shape index (κ2) is 14.3. The van der Waals surface area contributed by atoms with E-state index in [-0.39, 0.29) is 24.1 Å². The fraction of sp³-hybridized carbons (Fsp3) is 0.621. The molecule has 0 bridgehead atoms. The highest BCUT2D eigenvalue weighted by Crippen LogP contribution is 2.22. The van der Waals surface area contributed by atoms with Gasteiger partial charge in [-0.3, -0.25) is 14.4 Å². The maximum atomic E-state index is 13.5. The highest BCUT2D eigenvalue weighted by Gasteiger charge is 2.30. The number of aromatic amines is 1. The number of benzene rings is 1. The Labute approximate surface area is 224 Å². The highest BCUT2D eigenvalue weighted by molar-refractivity contribution is 5.91. The molecule has 3 atom stereocenters. The van der Waals surface area contributed by atoms with Gasteiger partial charge in [0.25, 0.3) is 0 Å². The zero-order valence-corrected chi connectivity index (χ0v) is 22.5. The molecule has 2 aliphatic rings. The monoisotopic (exact) mass is 526 g/mol. The number of H-pyrrole nitrogens is 1. The molecule has 9 nitrogen and oxygen atoms in total. The van der Waals surface area contributed by atoms with Gasteiger partial charge in [-0.05, 0) is 37.3 Å². The quantitative estimate of drug-likeness (QED) is 0.493. The first-order valence-corrected chi connectivity index (χ1v) is 14.2. The number of hydrogen-bond donors (Lipinski definition) is 3. The summed E-state index contributed by atoms with van der Waals surface area (Å²) in [6, 6.07) is 7.23. The van der Waals surface area contributed by atoms with Crippen LogP contribution in [0.3, 0.4) is 0 Å². The van der Waals surface area contributed by atoms with Gasteiger partial charge in [0, 0.05) is 62.5 Å². The topological polar surface area (TPSA) is 113 Å². The minimum atomic E-state index is -0.716. The Kier molecular flexibility index (Phi) is 10.6. The number of rotatable bonds is 6. The molecule has 0 aliphatic carbocycles. The fourth-order valence-corrected chi connectivity index (χ4v) is 5.36. The number of para-hydroxylation sites is 1. The Hall–Kier alpha value is -2.91. The van der Waals surface area contributed by atoms with E-state index in [1.807, 2.05) is 30.5 Å². The SMILES string of the molecule is CN1CCCCCCCC[C@H](CC(=O)NOC2CCCCO2)C(=O)N[C@@H](Cc2c[nH]c3ccccc23)C1=O. The normalized spacial score (nSPS) is 24.6. The van der Waals surface area contributed by atoms with E-state index in [1.165, 1.54) is 0 Å². The molecule has 2 aromatic rings. The minimum absolute atomic E-state index is 0.00237. The fourth-order valence-electron chi connectivity index (χ4n) is 5.36. The van der Waals surface area contributed by atoms with Gasteiger partial charge in [-0.2, -0.15) is 0 Å². The summed E-state index contributed by atoms with van der Waals surface area (Å²) >= 11 is 0. The van der Waals surface area contributed by atoms with E-state index in [0.29, 0.717) is 26.0 Å². The molecule has 4 rings (SSSR count).